The maximum Gasteiger partial charge on any atom is 0.409 e. The van der Waals surface area contributed by atoms with Gasteiger partial charge in [-0.15, -0.1) is 0 Å². The lowest BCUT2D eigenvalue weighted by Gasteiger charge is -2.31. The van der Waals surface area contributed by atoms with Crippen molar-refractivity contribution in [2.75, 3.05) is 26.3 Å². The van der Waals surface area contributed by atoms with Crippen molar-refractivity contribution in [2.45, 2.75) is 52.0 Å². The van der Waals surface area contributed by atoms with Crippen LogP contribution in [0.15, 0.2) is 30.3 Å². The lowest BCUT2D eigenvalue weighted by molar-refractivity contribution is -0.151. The Kier molecular flexibility index (Phi) is 8.96. The van der Waals surface area contributed by atoms with Crippen molar-refractivity contribution in [3.05, 3.63) is 35.9 Å². The van der Waals surface area contributed by atoms with Gasteiger partial charge >= 0.3 is 12.1 Å². The quantitative estimate of drug-likeness (QED) is 0.673. The topological polar surface area (TPSA) is 84.9 Å². The summed E-state index contributed by atoms with van der Waals surface area (Å²) in [5, 5.41) is 2.89. The molecule has 1 N–H and O–H groups in total. The van der Waals surface area contributed by atoms with Crippen LogP contribution < -0.4 is 5.32 Å². The Balaban J connectivity index is 1.81. The van der Waals surface area contributed by atoms with Gasteiger partial charge in [-0.1, -0.05) is 50.6 Å². The van der Waals surface area contributed by atoms with Crippen LogP contribution in [0, 0.1) is 5.92 Å². The predicted molar refractivity (Wildman–Crippen MR) is 109 cm³/mol. The van der Waals surface area contributed by atoms with Crippen molar-refractivity contribution in [1.29, 1.82) is 0 Å². The number of rotatable bonds is 8. The molecule has 2 rings (SSSR count). The summed E-state index contributed by atoms with van der Waals surface area (Å²) in [5.41, 5.74) is 0.901. The van der Waals surface area contributed by atoms with Crippen molar-refractivity contribution in [3.63, 3.8) is 0 Å². The third kappa shape index (κ3) is 6.76. The largest absolute Gasteiger partial charge is 0.455 e. The molecule has 7 nitrogen and oxygen atoms in total. The first-order valence-corrected chi connectivity index (χ1v) is 10.4. The fourth-order valence-electron chi connectivity index (χ4n) is 3.51. The second-order valence-electron chi connectivity index (χ2n) is 7.41. The minimum atomic E-state index is -0.387. The van der Waals surface area contributed by atoms with Crippen molar-refractivity contribution in [3.8, 4) is 0 Å². The molecule has 2 atom stereocenters. The molecule has 0 saturated carbocycles. The van der Waals surface area contributed by atoms with Crippen molar-refractivity contribution >= 4 is 18.0 Å². The van der Waals surface area contributed by atoms with Crippen LogP contribution in [0.4, 0.5) is 4.79 Å². The summed E-state index contributed by atoms with van der Waals surface area (Å²) < 4.78 is 10.3. The molecule has 2 unspecified atom stereocenters. The molecule has 1 aromatic carbocycles. The number of nitrogens with one attached hydrogen (secondary N) is 1. The van der Waals surface area contributed by atoms with E-state index in [0.29, 0.717) is 32.5 Å². The van der Waals surface area contributed by atoms with Gasteiger partial charge in [0, 0.05) is 19.1 Å². The number of hydrogen-bond acceptors (Lipinski definition) is 5. The van der Waals surface area contributed by atoms with E-state index in [9.17, 15) is 14.4 Å². The normalized spacial score (nSPS) is 16.6. The molecule has 0 bridgehead atoms. The van der Waals surface area contributed by atoms with E-state index in [-0.39, 0.29) is 42.5 Å². The molecule has 1 heterocycles. The molecule has 1 aliphatic rings. The van der Waals surface area contributed by atoms with Crippen LogP contribution >= 0.6 is 0 Å². The minimum Gasteiger partial charge on any atom is -0.455 e. The highest BCUT2D eigenvalue weighted by molar-refractivity contribution is 5.83. The monoisotopic (exact) mass is 404 g/mol. The first kappa shape index (κ1) is 22.7. The van der Waals surface area contributed by atoms with E-state index in [0.717, 1.165) is 12.0 Å². The minimum absolute atomic E-state index is 0.0358. The summed E-state index contributed by atoms with van der Waals surface area (Å²) in [7, 11) is 0. The molecule has 7 heteroatoms. The average molecular weight is 405 g/mol. The molecule has 29 heavy (non-hydrogen) atoms. The standard InChI is InChI=1S/C22H32N2O5/c1-4-16(3)20(17-9-7-6-8-10-17)21(26)29-15-19(25)23-18-11-13-24(14-12-18)22(27)28-5-2/h6-10,16,18,20H,4-5,11-15H2,1-3H3,(H,23,25). The van der Waals surface area contributed by atoms with Crippen LogP contribution in [0.25, 0.3) is 0 Å². The zero-order valence-electron chi connectivity index (χ0n) is 17.6. The van der Waals surface area contributed by atoms with E-state index in [4.69, 9.17) is 9.47 Å². The third-order valence-electron chi connectivity index (χ3n) is 5.36. The first-order chi connectivity index (χ1) is 14.0. The van der Waals surface area contributed by atoms with Crippen molar-refractivity contribution < 1.29 is 23.9 Å². The van der Waals surface area contributed by atoms with Gasteiger partial charge in [-0.25, -0.2) is 4.79 Å². The summed E-state index contributed by atoms with van der Waals surface area (Å²) in [5.74, 6) is -0.969. The smallest absolute Gasteiger partial charge is 0.409 e. The fraction of sp³-hybridized carbons (Fsp3) is 0.591. The molecule has 0 aliphatic carbocycles. The van der Waals surface area contributed by atoms with E-state index in [1.165, 1.54) is 0 Å². The van der Waals surface area contributed by atoms with Gasteiger partial charge in [-0.3, -0.25) is 9.59 Å². The number of ether oxygens (including phenoxy) is 2. The number of benzene rings is 1. The predicted octanol–water partition coefficient (Wildman–Crippen LogP) is 3.10. The molecular weight excluding hydrogens is 372 g/mol. The maximum atomic E-state index is 12.7. The molecule has 160 valence electrons. The second-order valence-corrected chi connectivity index (χ2v) is 7.41. The highest BCUT2D eigenvalue weighted by Crippen LogP contribution is 2.28. The molecular formula is C22H32N2O5. The Morgan fingerprint density at radius 1 is 1.10 bits per heavy atom. The number of piperidine rings is 1. The van der Waals surface area contributed by atoms with E-state index in [1.54, 1.807) is 11.8 Å². The van der Waals surface area contributed by atoms with Crippen LogP contribution in [-0.2, 0) is 19.1 Å². The van der Waals surface area contributed by atoms with Crippen LogP contribution in [0.1, 0.15) is 51.5 Å². The highest BCUT2D eigenvalue weighted by Gasteiger charge is 2.29. The molecule has 1 aliphatic heterocycles. The number of carbonyl (C=O) groups is 3. The summed E-state index contributed by atoms with van der Waals surface area (Å²) in [6.07, 6.45) is 1.82. The molecule has 0 radical (unpaired) electrons. The number of hydrogen-bond donors (Lipinski definition) is 1. The number of amides is 2. The Labute approximate surface area is 172 Å². The third-order valence-corrected chi connectivity index (χ3v) is 5.36. The van der Waals surface area contributed by atoms with Gasteiger partial charge in [0.1, 0.15) is 0 Å². The van der Waals surface area contributed by atoms with Gasteiger partial charge in [-0.2, -0.15) is 0 Å². The summed E-state index contributed by atoms with van der Waals surface area (Å²) in [4.78, 5) is 38.3. The van der Waals surface area contributed by atoms with Crippen LogP contribution in [-0.4, -0.2) is 55.2 Å². The van der Waals surface area contributed by atoms with Crippen molar-refractivity contribution in [2.24, 2.45) is 5.92 Å². The number of likely N-dealkylation sites (tertiary alicyclic amines) is 1. The van der Waals surface area contributed by atoms with Gasteiger partial charge in [-0.05, 0) is 31.2 Å². The van der Waals surface area contributed by atoms with E-state index in [1.807, 2.05) is 44.2 Å². The molecule has 1 fully saturated rings. The summed E-state index contributed by atoms with van der Waals surface area (Å²) in [6, 6.07) is 9.49. The second kappa shape index (κ2) is 11.4. The molecule has 1 aromatic rings. The van der Waals surface area contributed by atoms with Gasteiger partial charge in [0.25, 0.3) is 5.91 Å². The van der Waals surface area contributed by atoms with E-state index < -0.39 is 0 Å². The molecule has 2 amide bonds. The number of esters is 1. The Morgan fingerprint density at radius 3 is 2.34 bits per heavy atom. The maximum absolute atomic E-state index is 12.7. The lowest BCUT2D eigenvalue weighted by Crippen LogP contribution is -2.47. The van der Waals surface area contributed by atoms with E-state index in [2.05, 4.69) is 5.32 Å². The van der Waals surface area contributed by atoms with Crippen molar-refractivity contribution in [1.82, 2.24) is 10.2 Å². The Bertz CT molecular complexity index is 671. The number of carbonyl (C=O) groups excluding carboxylic acids is 3. The zero-order valence-corrected chi connectivity index (χ0v) is 17.6. The Morgan fingerprint density at radius 2 is 1.76 bits per heavy atom. The lowest BCUT2D eigenvalue weighted by atomic mass is 9.86. The zero-order chi connectivity index (χ0) is 21.2. The SMILES string of the molecule is CCOC(=O)N1CCC(NC(=O)COC(=O)C(c2ccccc2)C(C)CC)CC1. The van der Waals surface area contributed by atoms with Crippen LogP contribution in [0.3, 0.4) is 0 Å². The van der Waals surface area contributed by atoms with Gasteiger partial charge < -0.3 is 19.7 Å². The fourth-order valence-corrected chi connectivity index (χ4v) is 3.51. The Hall–Kier alpha value is -2.57. The summed E-state index contributed by atoms with van der Waals surface area (Å²) in [6.45, 7) is 6.94. The highest BCUT2D eigenvalue weighted by atomic mass is 16.6. The van der Waals surface area contributed by atoms with E-state index >= 15 is 0 Å². The first-order valence-electron chi connectivity index (χ1n) is 10.4. The van der Waals surface area contributed by atoms with Crippen LogP contribution in [0.2, 0.25) is 0 Å². The van der Waals surface area contributed by atoms with Gasteiger partial charge in [0.2, 0.25) is 0 Å². The summed E-state index contributed by atoms with van der Waals surface area (Å²) >= 11 is 0. The average Bonchev–Trinajstić information content (AvgIpc) is 2.73. The molecule has 1 saturated heterocycles. The van der Waals surface area contributed by atoms with Gasteiger partial charge in [0.15, 0.2) is 6.61 Å². The van der Waals surface area contributed by atoms with Gasteiger partial charge in [0.05, 0.1) is 12.5 Å². The molecule has 0 spiro atoms. The number of nitrogens with zero attached hydrogens (tertiary/aromatic N) is 1. The van der Waals surface area contributed by atoms with Crippen LogP contribution in [0.5, 0.6) is 0 Å². The molecule has 0 aromatic heterocycles.